The smallest absolute Gasteiger partial charge is 0.225 e. The summed E-state index contributed by atoms with van der Waals surface area (Å²) in [6.45, 7) is 2.45. The molecule has 8 heteroatoms. The van der Waals surface area contributed by atoms with E-state index in [0.717, 1.165) is 39.4 Å². The number of rotatable bonds is 10. The zero-order chi connectivity index (χ0) is 23.8. The fourth-order valence-corrected chi connectivity index (χ4v) is 4.38. The molecule has 3 aromatic carbocycles. The van der Waals surface area contributed by atoms with E-state index >= 15 is 0 Å². The highest BCUT2D eigenvalue weighted by Crippen LogP contribution is 2.26. The molecule has 174 valence electrons. The fraction of sp³-hybridized carbons (Fsp3) is 0.192. The van der Waals surface area contributed by atoms with Crippen LogP contribution in [0.1, 0.15) is 17.8 Å². The number of aromatic nitrogens is 3. The normalized spacial score (nSPS) is 10.6. The van der Waals surface area contributed by atoms with E-state index in [1.165, 1.54) is 11.8 Å². The summed E-state index contributed by atoms with van der Waals surface area (Å²) in [5.74, 6) is 2.10. The van der Waals surface area contributed by atoms with Gasteiger partial charge >= 0.3 is 0 Å². The molecule has 1 amide bonds. The van der Waals surface area contributed by atoms with Crippen LogP contribution in [0.5, 0.6) is 5.75 Å². The number of aryl methyl sites for hydroxylation is 1. The molecule has 0 aliphatic rings. The van der Waals surface area contributed by atoms with Gasteiger partial charge in [-0.15, -0.1) is 10.2 Å². The number of amides is 1. The minimum Gasteiger partial charge on any atom is -0.495 e. The monoisotopic (exact) mass is 473 g/mol. The van der Waals surface area contributed by atoms with Crippen LogP contribution in [0.15, 0.2) is 84.0 Å². The molecule has 0 aliphatic carbocycles. The summed E-state index contributed by atoms with van der Waals surface area (Å²) in [5, 5.41) is 16.0. The molecule has 0 aliphatic heterocycles. The summed E-state index contributed by atoms with van der Waals surface area (Å²) in [4.78, 5) is 12.4. The van der Waals surface area contributed by atoms with Gasteiger partial charge in [0.05, 0.1) is 19.3 Å². The summed E-state index contributed by atoms with van der Waals surface area (Å²) in [5.41, 5.74) is 3.74. The first-order valence-corrected chi connectivity index (χ1v) is 12.0. The average Bonchev–Trinajstić information content (AvgIpc) is 3.27. The number of anilines is 2. The minimum absolute atomic E-state index is 0.0226. The number of methoxy groups -OCH3 is 1. The quantitative estimate of drug-likeness (QED) is 0.304. The van der Waals surface area contributed by atoms with Gasteiger partial charge in [-0.25, -0.2) is 0 Å². The van der Waals surface area contributed by atoms with Crippen molar-refractivity contribution in [1.29, 1.82) is 0 Å². The number of nitrogens with zero attached hydrogens (tertiary/aromatic N) is 3. The Morgan fingerprint density at radius 2 is 1.65 bits per heavy atom. The number of nitrogens with one attached hydrogen (secondary N) is 2. The van der Waals surface area contributed by atoms with Crippen LogP contribution in [0.25, 0.3) is 5.69 Å². The molecule has 0 atom stereocenters. The van der Waals surface area contributed by atoms with Gasteiger partial charge in [0.15, 0.2) is 11.0 Å². The highest BCUT2D eigenvalue weighted by molar-refractivity contribution is 7.99. The van der Waals surface area contributed by atoms with Crippen LogP contribution in [-0.4, -0.2) is 33.5 Å². The van der Waals surface area contributed by atoms with Crippen LogP contribution >= 0.6 is 11.8 Å². The van der Waals surface area contributed by atoms with E-state index in [9.17, 15) is 4.79 Å². The average molecular weight is 474 g/mol. The Morgan fingerprint density at radius 1 is 0.941 bits per heavy atom. The standard InChI is InChI=1S/C26H27N5O2S/c1-19-10-6-7-13-21(19)28-25(32)16-17-34-26-30-29-24(31(26)20-11-4-3-5-12-20)18-27-22-14-8-9-15-23(22)33-2/h3-15,27H,16-18H2,1-2H3,(H,28,32). The van der Waals surface area contributed by atoms with E-state index in [1.54, 1.807) is 7.11 Å². The predicted octanol–water partition coefficient (Wildman–Crippen LogP) is 5.32. The van der Waals surface area contributed by atoms with Gasteiger partial charge in [-0.05, 0) is 42.8 Å². The third-order valence-corrected chi connectivity index (χ3v) is 6.17. The molecule has 1 aromatic heterocycles. The van der Waals surface area contributed by atoms with Crippen LogP contribution in [0.3, 0.4) is 0 Å². The number of para-hydroxylation sites is 4. The van der Waals surface area contributed by atoms with Crippen LogP contribution < -0.4 is 15.4 Å². The Bertz CT molecular complexity index is 1240. The molecule has 0 radical (unpaired) electrons. The Morgan fingerprint density at radius 3 is 2.41 bits per heavy atom. The van der Waals surface area contributed by atoms with E-state index in [2.05, 4.69) is 20.8 Å². The lowest BCUT2D eigenvalue weighted by Gasteiger charge is -2.13. The summed E-state index contributed by atoms with van der Waals surface area (Å²) in [6.07, 6.45) is 0.370. The number of thioether (sulfide) groups is 1. The van der Waals surface area contributed by atoms with Crippen LogP contribution in [0.4, 0.5) is 11.4 Å². The molecule has 1 heterocycles. The molecular weight excluding hydrogens is 446 g/mol. The van der Waals surface area contributed by atoms with E-state index in [-0.39, 0.29) is 5.91 Å². The van der Waals surface area contributed by atoms with Crippen LogP contribution in [-0.2, 0) is 11.3 Å². The number of benzene rings is 3. The van der Waals surface area contributed by atoms with Crippen molar-refractivity contribution in [3.8, 4) is 11.4 Å². The first-order chi connectivity index (χ1) is 16.7. The Balaban J connectivity index is 1.45. The fourth-order valence-electron chi connectivity index (χ4n) is 3.47. The SMILES string of the molecule is COc1ccccc1NCc1nnc(SCCC(=O)Nc2ccccc2C)n1-c1ccccc1. The zero-order valence-electron chi connectivity index (χ0n) is 19.2. The third kappa shape index (κ3) is 5.77. The first-order valence-electron chi connectivity index (χ1n) is 11.0. The largest absolute Gasteiger partial charge is 0.495 e. The van der Waals surface area contributed by atoms with E-state index in [0.29, 0.717) is 18.7 Å². The van der Waals surface area contributed by atoms with Gasteiger partial charge in [-0.2, -0.15) is 0 Å². The maximum atomic E-state index is 12.4. The number of carbonyl (C=O) groups excluding carboxylic acids is 1. The summed E-state index contributed by atoms with van der Waals surface area (Å²) >= 11 is 1.51. The van der Waals surface area contributed by atoms with Gasteiger partial charge in [0.1, 0.15) is 5.75 Å². The van der Waals surface area contributed by atoms with Crippen molar-refractivity contribution >= 4 is 29.0 Å². The number of hydrogen-bond acceptors (Lipinski definition) is 6. The van der Waals surface area contributed by atoms with E-state index < -0.39 is 0 Å². The van der Waals surface area contributed by atoms with E-state index in [1.807, 2.05) is 90.4 Å². The molecule has 0 spiro atoms. The molecule has 34 heavy (non-hydrogen) atoms. The highest BCUT2D eigenvalue weighted by Gasteiger charge is 2.16. The Kier molecular flexibility index (Phi) is 7.83. The van der Waals surface area contributed by atoms with Crippen molar-refractivity contribution in [3.63, 3.8) is 0 Å². The summed E-state index contributed by atoms with van der Waals surface area (Å²) in [7, 11) is 1.65. The maximum Gasteiger partial charge on any atom is 0.225 e. The first kappa shape index (κ1) is 23.4. The second-order valence-corrected chi connectivity index (χ2v) is 8.65. The van der Waals surface area contributed by atoms with Crippen molar-refractivity contribution < 1.29 is 9.53 Å². The number of ether oxygens (including phenoxy) is 1. The molecule has 4 rings (SSSR count). The summed E-state index contributed by atoms with van der Waals surface area (Å²) < 4.78 is 7.45. The molecule has 0 saturated carbocycles. The highest BCUT2D eigenvalue weighted by atomic mass is 32.2. The molecular formula is C26H27N5O2S. The Labute approximate surface area is 203 Å². The van der Waals surface area contributed by atoms with Crippen molar-refractivity contribution in [1.82, 2.24) is 14.8 Å². The summed E-state index contributed by atoms with van der Waals surface area (Å²) in [6, 6.07) is 25.5. The van der Waals surface area contributed by atoms with Gasteiger partial charge in [0, 0.05) is 23.5 Å². The lowest BCUT2D eigenvalue weighted by Crippen LogP contribution is -2.13. The van der Waals surface area contributed by atoms with Gasteiger partial charge in [-0.1, -0.05) is 60.3 Å². The molecule has 0 unspecified atom stereocenters. The lowest BCUT2D eigenvalue weighted by atomic mass is 10.2. The second-order valence-electron chi connectivity index (χ2n) is 7.59. The van der Waals surface area contributed by atoms with Crippen molar-refractivity contribution in [2.24, 2.45) is 0 Å². The minimum atomic E-state index is -0.0226. The van der Waals surface area contributed by atoms with Crippen molar-refractivity contribution in [2.75, 3.05) is 23.5 Å². The van der Waals surface area contributed by atoms with Gasteiger partial charge < -0.3 is 15.4 Å². The molecule has 7 nitrogen and oxygen atoms in total. The second kappa shape index (κ2) is 11.4. The lowest BCUT2D eigenvalue weighted by molar-refractivity contribution is -0.115. The van der Waals surface area contributed by atoms with Crippen LogP contribution in [0.2, 0.25) is 0 Å². The number of carbonyl (C=O) groups is 1. The zero-order valence-corrected chi connectivity index (χ0v) is 20.0. The van der Waals surface area contributed by atoms with Crippen molar-refractivity contribution in [2.45, 2.75) is 25.0 Å². The van der Waals surface area contributed by atoms with Gasteiger partial charge in [-0.3, -0.25) is 9.36 Å². The van der Waals surface area contributed by atoms with Crippen molar-refractivity contribution in [3.05, 3.63) is 90.3 Å². The molecule has 0 fully saturated rings. The topological polar surface area (TPSA) is 81.1 Å². The third-order valence-electron chi connectivity index (χ3n) is 5.24. The van der Waals surface area contributed by atoms with Crippen LogP contribution in [0, 0.1) is 6.92 Å². The molecule has 4 aromatic rings. The number of hydrogen-bond donors (Lipinski definition) is 2. The molecule has 0 bridgehead atoms. The maximum absolute atomic E-state index is 12.4. The molecule has 0 saturated heterocycles. The van der Waals surface area contributed by atoms with Gasteiger partial charge in [0.2, 0.25) is 5.91 Å². The predicted molar refractivity (Wildman–Crippen MR) is 137 cm³/mol. The Hall–Kier alpha value is -3.78. The van der Waals surface area contributed by atoms with Gasteiger partial charge in [0.25, 0.3) is 0 Å². The molecule has 2 N–H and O–H groups in total. The van der Waals surface area contributed by atoms with E-state index in [4.69, 9.17) is 4.74 Å².